The van der Waals surface area contributed by atoms with Gasteiger partial charge in [0.15, 0.2) is 0 Å². The number of halogens is 2. The fourth-order valence-electron chi connectivity index (χ4n) is 1.81. The summed E-state index contributed by atoms with van der Waals surface area (Å²) in [5.74, 6) is -2.83. The molecule has 5 nitrogen and oxygen atoms in total. The maximum atomic E-state index is 13.4. The summed E-state index contributed by atoms with van der Waals surface area (Å²) in [6.07, 6.45) is -0.249. The Morgan fingerprint density at radius 2 is 1.90 bits per heavy atom. The van der Waals surface area contributed by atoms with E-state index in [0.717, 1.165) is 12.1 Å². The molecular formula is C13H16F2N2O3. The summed E-state index contributed by atoms with van der Waals surface area (Å²) in [5, 5.41) is 10.8. The third kappa shape index (κ3) is 3.91. The molecule has 2 amide bonds. The van der Waals surface area contributed by atoms with Crippen molar-refractivity contribution in [3.05, 3.63) is 29.8 Å². The van der Waals surface area contributed by atoms with Crippen LogP contribution in [0.1, 0.15) is 20.3 Å². The number of carboxylic acid groups (broad SMARTS) is 1. The van der Waals surface area contributed by atoms with Crippen molar-refractivity contribution < 1.29 is 23.5 Å². The van der Waals surface area contributed by atoms with E-state index in [9.17, 15) is 18.4 Å². The number of carbonyl (C=O) groups is 2. The quantitative estimate of drug-likeness (QED) is 0.874. The largest absolute Gasteiger partial charge is 0.481 e. The van der Waals surface area contributed by atoms with Crippen LogP contribution in [-0.2, 0) is 4.79 Å². The van der Waals surface area contributed by atoms with E-state index in [1.807, 2.05) is 0 Å². The third-order valence-electron chi connectivity index (χ3n) is 2.80. The molecule has 1 aromatic rings. The van der Waals surface area contributed by atoms with Crippen molar-refractivity contribution in [2.45, 2.75) is 26.3 Å². The molecule has 0 fully saturated rings. The molecule has 0 spiro atoms. The van der Waals surface area contributed by atoms with Crippen LogP contribution in [0.25, 0.3) is 0 Å². The van der Waals surface area contributed by atoms with Gasteiger partial charge in [0, 0.05) is 12.6 Å². The van der Waals surface area contributed by atoms with Crippen molar-refractivity contribution in [1.82, 2.24) is 4.90 Å². The summed E-state index contributed by atoms with van der Waals surface area (Å²) in [7, 11) is 0. The van der Waals surface area contributed by atoms with E-state index < -0.39 is 35.4 Å². The number of nitrogens with zero attached hydrogens (tertiary/aromatic N) is 1. The van der Waals surface area contributed by atoms with Crippen LogP contribution in [0.5, 0.6) is 0 Å². The van der Waals surface area contributed by atoms with Gasteiger partial charge in [0.25, 0.3) is 0 Å². The Balaban J connectivity index is 2.85. The Morgan fingerprint density at radius 1 is 1.35 bits per heavy atom. The van der Waals surface area contributed by atoms with E-state index in [0.29, 0.717) is 0 Å². The molecule has 0 saturated carbocycles. The number of carboxylic acids is 1. The molecule has 1 aromatic carbocycles. The molecular weight excluding hydrogens is 270 g/mol. The summed E-state index contributed by atoms with van der Waals surface area (Å²) >= 11 is 0. The minimum Gasteiger partial charge on any atom is -0.481 e. The van der Waals surface area contributed by atoms with Crippen molar-refractivity contribution in [2.24, 2.45) is 0 Å². The van der Waals surface area contributed by atoms with Crippen LogP contribution in [0.4, 0.5) is 19.3 Å². The zero-order valence-corrected chi connectivity index (χ0v) is 11.2. The van der Waals surface area contributed by atoms with Crippen molar-refractivity contribution in [2.75, 3.05) is 11.9 Å². The number of amides is 2. The van der Waals surface area contributed by atoms with Gasteiger partial charge in [-0.25, -0.2) is 13.6 Å². The predicted octanol–water partition coefficient (Wildman–Crippen LogP) is 2.68. The van der Waals surface area contributed by atoms with Crippen molar-refractivity contribution in [1.29, 1.82) is 0 Å². The Bertz CT molecular complexity index is 488. The molecule has 0 aliphatic rings. The second-order valence-corrected chi connectivity index (χ2v) is 4.26. The van der Waals surface area contributed by atoms with Gasteiger partial charge < -0.3 is 15.3 Å². The van der Waals surface area contributed by atoms with E-state index in [2.05, 4.69) is 5.32 Å². The summed E-state index contributed by atoms with van der Waals surface area (Å²) in [5.41, 5.74) is -0.543. The van der Waals surface area contributed by atoms with Gasteiger partial charge in [-0.1, -0.05) is 6.07 Å². The molecule has 0 bridgehead atoms. The van der Waals surface area contributed by atoms with Crippen LogP contribution in [0.3, 0.4) is 0 Å². The van der Waals surface area contributed by atoms with E-state index >= 15 is 0 Å². The monoisotopic (exact) mass is 286 g/mol. The van der Waals surface area contributed by atoms with Gasteiger partial charge in [-0.3, -0.25) is 4.79 Å². The van der Waals surface area contributed by atoms with E-state index in [4.69, 9.17) is 5.11 Å². The minimum atomic E-state index is -1.05. The van der Waals surface area contributed by atoms with Gasteiger partial charge in [-0.15, -0.1) is 0 Å². The number of rotatable bonds is 5. The van der Waals surface area contributed by atoms with Crippen LogP contribution in [0.2, 0.25) is 0 Å². The maximum absolute atomic E-state index is 13.4. The van der Waals surface area contributed by atoms with Crippen LogP contribution < -0.4 is 5.32 Å². The zero-order chi connectivity index (χ0) is 15.3. The molecule has 1 unspecified atom stereocenters. The fraction of sp³-hybridized carbons (Fsp3) is 0.385. The number of hydrogen-bond donors (Lipinski definition) is 2. The highest BCUT2D eigenvalue weighted by molar-refractivity contribution is 5.90. The van der Waals surface area contributed by atoms with Crippen molar-refractivity contribution in [3.63, 3.8) is 0 Å². The third-order valence-corrected chi connectivity index (χ3v) is 2.80. The van der Waals surface area contributed by atoms with Gasteiger partial charge in [0.05, 0.1) is 6.42 Å². The molecule has 0 heterocycles. The molecule has 0 radical (unpaired) electrons. The Kier molecular flexibility index (Phi) is 5.42. The number of urea groups is 1. The molecule has 2 N–H and O–H groups in total. The molecule has 0 aliphatic heterocycles. The number of para-hydroxylation sites is 1. The lowest BCUT2D eigenvalue weighted by molar-refractivity contribution is -0.137. The lowest BCUT2D eigenvalue weighted by atomic mass is 10.2. The number of hydrogen-bond acceptors (Lipinski definition) is 2. The number of anilines is 1. The maximum Gasteiger partial charge on any atom is 0.322 e. The smallest absolute Gasteiger partial charge is 0.322 e. The summed E-state index contributed by atoms with van der Waals surface area (Å²) < 4.78 is 26.8. The number of carbonyl (C=O) groups excluding carboxylic acids is 1. The number of nitrogens with one attached hydrogen (secondary N) is 1. The van der Waals surface area contributed by atoms with Crippen LogP contribution in [0.15, 0.2) is 18.2 Å². The molecule has 0 aliphatic carbocycles. The molecule has 110 valence electrons. The molecule has 0 saturated heterocycles. The van der Waals surface area contributed by atoms with Crippen molar-refractivity contribution >= 4 is 17.7 Å². The average molecular weight is 286 g/mol. The van der Waals surface area contributed by atoms with E-state index in [-0.39, 0.29) is 13.0 Å². The first-order chi connectivity index (χ1) is 9.36. The Hall–Kier alpha value is -2.18. The van der Waals surface area contributed by atoms with E-state index in [1.165, 1.54) is 11.0 Å². The first kappa shape index (κ1) is 15.9. The lowest BCUT2D eigenvalue weighted by Crippen LogP contribution is -2.42. The normalized spacial score (nSPS) is 11.8. The topological polar surface area (TPSA) is 69.6 Å². The van der Waals surface area contributed by atoms with Gasteiger partial charge in [0.1, 0.15) is 17.3 Å². The highest BCUT2D eigenvalue weighted by Gasteiger charge is 2.22. The fourth-order valence-corrected chi connectivity index (χ4v) is 1.81. The molecule has 1 atom stereocenters. The standard InChI is InChI=1S/C13H16F2N2O3/c1-3-17(8(2)7-11(18)19)13(20)16-12-9(14)5-4-6-10(12)15/h4-6,8H,3,7H2,1-2H3,(H,16,20)(H,18,19). The first-order valence-electron chi connectivity index (χ1n) is 6.10. The Labute approximate surface area is 115 Å². The minimum absolute atomic E-state index is 0.219. The molecule has 0 aromatic heterocycles. The molecule has 1 rings (SSSR count). The van der Waals surface area contributed by atoms with Crippen LogP contribution in [-0.4, -0.2) is 34.6 Å². The second kappa shape index (κ2) is 6.83. The van der Waals surface area contributed by atoms with E-state index in [1.54, 1.807) is 13.8 Å². The van der Waals surface area contributed by atoms with Gasteiger partial charge in [-0.05, 0) is 26.0 Å². The Morgan fingerprint density at radius 3 is 2.35 bits per heavy atom. The molecule has 20 heavy (non-hydrogen) atoms. The summed E-state index contributed by atoms with van der Waals surface area (Å²) in [6.45, 7) is 3.42. The highest BCUT2D eigenvalue weighted by atomic mass is 19.1. The summed E-state index contributed by atoms with van der Waals surface area (Å²) in [6, 6.07) is 1.90. The second-order valence-electron chi connectivity index (χ2n) is 4.26. The highest BCUT2D eigenvalue weighted by Crippen LogP contribution is 2.19. The molecule has 7 heteroatoms. The predicted molar refractivity (Wildman–Crippen MR) is 69.5 cm³/mol. The van der Waals surface area contributed by atoms with Gasteiger partial charge in [-0.2, -0.15) is 0 Å². The number of aliphatic carboxylic acids is 1. The van der Waals surface area contributed by atoms with Crippen LogP contribution in [0, 0.1) is 11.6 Å². The summed E-state index contributed by atoms with van der Waals surface area (Å²) in [4.78, 5) is 23.8. The lowest BCUT2D eigenvalue weighted by Gasteiger charge is -2.27. The SMILES string of the molecule is CCN(C(=O)Nc1c(F)cccc1F)C(C)CC(=O)O. The average Bonchev–Trinajstić information content (AvgIpc) is 2.34. The van der Waals surface area contributed by atoms with Gasteiger partial charge in [0.2, 0.25) is 0 Å². The van der Waals surface area contributed by atoms with Crippen molar-refractivity contribution in [3.8, 4) is 0 Å². The van der Waals surface area contributed by atoms with Gasteiger partial charge >= 0.3 is 12.0 Å². The zero-order valence-electron chi connectivity index (χ0n) is 11.2. The first-order valence-corrected chi connectivity index (χ1v) is 6.10. The van der Waals surface area contributed by atoms with Crippen LogP contribution >= 0.6 is 0 Å². The number of benzene rings is 1.